The Bertz CT molecular complexity index is 753. The summed E-state index contributed by atoms with van der Waals surface area (Å²) in [5.41, 5.74) is 3.81. The smallest absolute Gasteiger partial charge is 0.277 e. The van der Waals surface area contributed by atoms with E-state index in [1.807, 2.05) is 42.3 Å². The van der Waals surface area contributed by atoms with Gasteiger partial charge in [-0.15, -0.1) is 0 Å². The normalized spacial score (nSPS) is 16.7. The molecule has 0 fully saturated rings. The maximum Gasteiger partial charge on any atom is 0.277 e. The quantitative estimate of drug-likeness (QED) is 0.864. The molecule has 3 rings (SSSR count). The van der Waals surface area contributed by atoms with Crippen LogP contribution >= 0.6 is 0 Å². The first-order valence-electron chi connectivity index (χ1n) is 9.10. The summed E-state index contributed by atoms with van der Waals surface area (Å²) in [4.78, 5) is 15.7. The molecule has 136 valence electrons. The summed E-state index contributed by atoms with van der Waals surface area (Å²) in [6.07, 6.45) is 3.31. The number of amides is 1. The van der Waals surface area contributed by atoms with Gasteiger partial charge in [-0.1, -0.05) is 42.5 Å². The number of carbonyl (C=O) groups excluding carboxylic acids is 1. The van der Waals surface area contributed by atoms with Gasteiger partial charge in [-0.2, -0.15) is 0 Å². The Labute approximate surface area is 155 Å². The molecule has 0 aliphatic carbocycles. The number of ether oxygens (including phenoxy) is 1. The third kappa shape index (κ3) is 4.73. The molecule has 1 aliphatic heterocycles. The van der Waals surface area contributed by atoms with Crippen molar-refractivity contribution in [3.63, 3.8) is 0 Å². The zero-order chi connectivity index (χ0) is 18.4. The van der Waals surface area contributed by atoms with Crippen molar-refractivity contribution in [2.24, 2.45) is 0 Å². The van der Waals surface area contributed by atoms with Crippen molar-refractivity contribution in [1.29, 1.82) is 0 Å². The van der Waals surface area contributed by atoms with E-state index in [-0.39, 0.29) is 5.91 Å². The highest BCUT2D eigenvalue weighted by Gasteiger charge is 2.21. The van der Waals surface area contributed by atoms with Crippen molar-refractivity contribution in [1.82, 2.24) is 4.90 Å². The van der Waals surface area contributed by atoms with E-state index in [4.69, 9.17) is 4.74 Å². The average molecular weight is 351 g/mol. The molecule has 0 aromatic heterocycles. The molecule has 0 bridgehead atoms. The maximum absolute atomic E-state index is 12.5. The molecule has 2 aromatic rings. The SMILES string of the molecule is COc1ccc(CN(C)C(=O)C[NH+]2CC=C(c3ccccc3)CC2)cc1. The van der Waals surface area contributed by atoms with Crippen LogP contribution in [0.1, 0.15) is 17.5 Å². The largest absolute Gasteiger partial charge is 0.497 e. The fourth-order valence-corrected chi connectivity index (χ4v) is 3.30. The van der Waals surface area contributed by atoms with Gasteiger partial charge in [0.15, 0.2) is 6.54 Å². The van der Waals surface area contributed by atoms with Gasteiger partial charge in [0, 0.05) is 20.0 Å². The highest BCUT2D eigenvalue weighted by Crippen LogP contribution is 2.17. The van der Waals surface area contributed by atoms with Crippen molar-refractivity contribution >= 4 is 11.5 Å². The van der Waals surface area contributed by atoms with Crippen LogP contribution in [0.4, 0.5) is 0 Å². The molecule has 1 heterocycles. The highest BCUT2D eigenvalue weighted by atomic mass is 16.5. The van der Waals surface area contributed by atoms with E-state index in [9.17, 15) is 4.79 Å². The lowest BCUT2D eigenvalue weighted by atomic mass is 9.99. The summed E-state index contributed by atoms with van der Waals surface area (Å²) in [6.45, 7) is 3.08. The molecule has 26 heavy (non-hydrogen) atoms. The minimum Gasteiger partial charge on any atom is -0.497 e. The van der Waals surface area contributed by atoms with E-state index in [0.29, 0.717) is 13.1 Å². The molecule has 4 heteroatoms. The number of hydrogen-bond donors (Lipinski definition) is 1. The standard InChI is InChI=1S/C22H26N2O2/c1-23(16-18-8-10-21(26-2)11-9-18)22(25)17-24-14-12-20(13-15-24)19-6-4-3-5-7-19/h3-12H,13-17H2,1-2H3/p+1. The van der Waals surface area contributed by atoms with E-state index in [0.717, 1.165) is 30.8 Å². The number of quaternary nitrogens is 1. The van der Waals surface area contributed by atoms with E-state index >= 15 is 0 Å². The predicted molar refractivity (Wildman–Crippen MR) is 104 cm³/mol. The number of benzene rings is 2. The van der Waals surface area contributed by atoms with Gasteiger partial charge in [-0.05, 0) is 34.9 Å². The predicted octanol–water partition coefficient (Wildman–Crippen LogP) is 2.03. The molecule has 1 N–H and O–H groups in total. The van der Waals surface area contributed by atoms with Crippen molar-refractivity contribution in [3.8, 4) is 5.75 Å². The zero-order valence-electron chi connectivity index (χ0n) is 15.6. The topological polar surface area (TPSA) is 34.0 Å². The summed E-state index contributed by atoms with van der Waals surface area (Å²) < 4.78 is 5.17. The van der Waals surface area contributed by atoms with Gasteiger partial charge in [0.05, 0.1) is 20.2 Å². The number of methoxy groups -OCH3 is 1. The van der Waals surface area contributed by atoms with Crippen molar-refractivity contribution < 1.29 is 14.4 Å². The van der Waals surface area contributed by atoms with Gasteiger partial charge in [0.1, 0.15) is 5.75 Å². The molecule has 0 saturated heterocycles. The number of nitrogens with one attached hydrogen (secondary N) is 1. The Kier molecular flexibility index (Phi) is 6.08. The third-order valence-corrected chi connectivity index (χ3v) is 4.94. The van der Waals surface area contributed by atoms with Crippen LogP contribution < -0.4 is 9.64 Å². The second-order valence-corrected chi connectivity index (χ2v) is 6.82. The second-order valence-electron chi connectivity index (χ2n) is 6.82. The van der Waals surface area contributed by atoms with Crippen LogP contribution in [0.3, 0.4) is 0 Å². The lowest BCUT2D eigenvalue weighted by Gasteiger charge is -2.25. The summed E-state index contributed by atoms with van der Waals surface area (Å²) in [5, 5.41) is 0. The Morgan fingerprint density at radius 2 is 1.85 bits per heavy atom. The molecule has 4 nitrogen and oxygen atoms in total. The Balaban J connectivity index is 1.51. The molecule has 0 radical (unpaired) electrons. The average Bonchev–Trinajstić information content (AvgIpc) is 2.70. The first-order valence-corrected chi connectivity index (χ1v) is 9.10. The molecule has 0 spiro atoms. The number of hydrogen-bond acceptors (Lipinski definition) is 2. The van der Waals surface area contributed by atoms with E-state index < -0.39 is 0 Å². The van der Waals surface area contributed by atoms with Crippen LogP contribution in [-0.4, -0.2) is 44.6 Å². The minimum absolute atomic E-state index is 0.187. The molecular formula is C22H27N2O2+. The van der Waals surface area contributed by atoms with Gasteiger partial charge in [-0.3, -0.25) is 4.79 Å². The first-order chi connectivity index (χ1) is 12.7. The molecule has 2 aromatic carbocycles. The van der Waals surface area contributed by atoms with Crippen molar-refractivity contribution in [2.75, 3.05) is 33.8 Å². The Morgan fingerprint density at radius 1 is 1.12 bits per heavy atom. The zero-order valence-corrected chi connectivity index (χ0v) is 15.6. The van der Waals surface area contributed by atoms with Crippen LogP contribution in [0.5, 0.6) is 5.75 Å². The van der Waals surface area contributed by atoms with Gasteiger partial charge >= 0.3 is 0 Å². The summed E-state index contributed by atoms with van der Waals surface area (Å²) in [7, 11) is 3.53. The van der Waals surface area contributed by atoms with Crippen molar-refractivity contribution in [2.45, 2.75) is 13.0 Å². The lowest BCUT2D eigenvalue weighted by molar-refractivity contribution is -0.887. The Hall–Kier alpha value is -2.59. The lowest BCUT2D eigenvalue weighted by Crippen LogP contribution is -3.13. The Morgan fingerprint density at radius 3 is 2.46 bits per heavy atom. The fraction of sp³-hybridized carbons (Fsp3) is 0.318. The van der Waals surface area contributed by atoms with Crippen LogP contribution in [0.25, 0.3) is 5.57 Å². The number of rotatable bonds is 6. The first kappa shape index (κ1) is 18.2. The van der Waals surface area contributed by atoms with Crippen LogP contribution in [0.2, 0.25) is 0 Å². The molecule has 1 atom stereocenters. The summed E-state index contributed by atoms with van der Waals surface area (Å²) in [5.74, 6) is 1.02. The number of carbonyl (C=O) groups is 1. The molecule has 0 saturated carbocycles. The van der Waals surface area contributed by atoms with E-state index in [1.165, 1.54) is 16.0 Å². The van der Waals surface area contributed by atoms with Gasteiger partial charge in [0.2, 0.25) is 0 Å². The molecule has 1 unspecified atom stereocenters. The molecule has 1 amide bonds. The van der Waals surface area contributed by atoms with Crippen LogP contribution in [0.15, 0.2) is 60.7 Å². The number of likely N-dealkylation sites (N-methyl/N-ethyl adjacent to an activating group) is 1. The summed E-state index contributed by atoms with van der Waals surface area (Å²) >= 11 is 0. The highest BCUT2D eigenvalue weighted by molar-refractivity contribution is 5.77. The van der Waals surface area contributed by atoms with Crippen LogP contribution in [0, 0.1) is 0 Å². The van der Waals surface area contributed by atoms with Crippen molar-refractivity contribution in [3.05, 3.63) is 71.8 Å². The van der Waals surface area contributed by atoms with Crippen LogP contribution in [-0.2, 0) is 11.3 Å². The van der Waals surface area contributed by atoms with Gasteiger partial charge in [-0.25, -0.2) is 0 Å². The molecular weight excluding hydrogens is 324 g/mol. The third-order valence-electron chi connectivity index (χ3n) is 4.94. The fourth-order valence-electron chi connectivity index (χ4n) is 3.30. The van der Waals surface area contributed by atoms with Gasteiger partial charge in [0.25, 0.3) is 5.91 Å². The van der Waals surface area contributed by atoms with E-state index in [1.54, 1.807) is 7.11 Å². The maximum atomic E-state index is 12.5. The number of nitrogens with zero attached hydrogens (tertiary/aromatic N) is 1. The van der Waals surface area contributed by atoms with Gasteiger partial charge < -0.3 is 14.5 Å². The monoisotopic (exact) mass is 351 g/mol. The second kappa shape index (κ2) is 8.68. The minimum atomic E-state index is 0.187. The molecule has 1 aliphatic rings. The summed E-state index contributed by atoms with van der Waals surface area (Å²) in [6, 6.07) is 18.4. The van der Waals surface area contributed by atoms with E-state index in [2.05, 4.69) is 30.3 Å².